The number of anilines is 1. The Morgan fingerprint density at radius 3 is 2.59 bits per heavy atom. The van der Waals surface area contributed by atoms with E-state index in [1.54, 1.807) is 12.1 Å². The molecule has 1 aromatic carbocycles. The monoisotopic (exact) mass is 235 g/mol. The topological polar surface area (TPSA) is 88.2 Å². The minimum absolute atomic E-state index is 0.119. The third-order valence-corrected chi connectivity index (χ3v) is 2.03. The Morgan fingerprint density at radius 2 is 2.06 bits per heavy atom. The molecule has 1 amide bonds. The molecule has 5 heteroatoms. The molecule has 0 aliphatic rings. The Kier molecular flexibility index (Phi) is 5.00. The van der Waals surface area contributed by atoms with Gasteiger partial charge in [-0.2, -0.15) is 0 Å². The second-order valence-electron chi connectivity index (χ2n) is 3.66. The maximum absolute atomic E-state index is 11.2. The lowest BCUT2D eigenvalue weighted by atomic mass is 10.1. The third-order valence-electron chi connectivity index (χ3n) is 2.03. The molecule has 0 radical (unpaired) electrons. The van der Waals surface area contributed by atoms with Crippen LogP contribution in [0.3, 0.4) is 0 Å². The van der Waals surface area contributed by atoms with Crippen molar-refractivity contribution in [1.29, 1.82) is 5.41 Å². The van der Waals surface area contributed by atoms with E-state index >= 15 is 0 Å². The molecular formula is C12H17N3O2. The SMILES string of the molecule is CCCOC(=O)Nc1ccc(CC(=N)N)cc1. The molecule has 0 aliphatic heterocycles. The van der Waals surface area contributed by atoms with Crippen LogP contribution in [0, 0.1) is 5.41 Å². The van der Waals surface area contributed by atoms with Crippen molar-refractivity contribution >= 4 is 17.6 Å². The van der Waals surface area contributed by atoms with Gasteiger partial charge in [0, 0.05) is 12.1 Å². The van der Waals surface area contributed by atoms with Gasteiger partial charge in [-0.3, -0.25) is 10.7 Å². The van der Waals surface area contributed by atoms with E-state index in [9.17, 15) is 4.79 Å². The van der Waals surface area contributed by atoms with Crippen molar-refractivity contribution in [1.82, 2.24) is 0 Å². The van der Waals surface area contributed by atoms with Crippen molar-refractivity contribution in [3.63, 3.8) is 0 Å². The smallest absolute Gasteiger partial charge is 0.411 e. The molecule has 5 nitrogen and oxygen atoms in total. The van der Waals surface area contributed by atoms with Gasteiger partial charge in [0.25, 0.3) is 0 Å². The number of rotatable bonds is 5. The van der Waals surface area contributed by atoms with E-state index in [0.717, 1.165) is 12.0 Å². The maximum Gasteiger partial charge on any atom is 0.411 e. The number of benzene rings is 1. The molecule has 0 fully saturated rings. The quantitative estimate of drug-likeness (QED) is 0.539. The number of carbonyl (C=O) groups excluding carboxylic acids is 1. The largest absolute Gasteiger partial charge is 0.449 e. The zero-order valence-electron chi connectivity index (χ0n) is 9.82. The van der Waals surface area contributed by atoms with Gasteiger partial charge in [0.1, 0.15) is 0 Å². The number of ether oxygens (including phenoxy) is 1. The van der Waals surface area contributed by atoms with Crippen LogP contribution < -0.4 is 11.1 Å². The second kappa shape index (κ2) is 6.52. The summed E-state index contributed by atoms with van der Waals surface area (Å²) in [5.41, 5.74) is 6.89. The zero-order chi connectivity index (χ0) is 12.7. The predicted octanol–water partition coefficient (Wildman–Crippen LogP) is 2.12. The summed E-state index contributed by atoms with van der Waals surface area (Å²) in [7, 11) is 0. The van der Waals surface area contributed by atoms with Gasteiger partial charge in [0.15, 0.2) is 0 Å². The van der Waals surface area contributed by atoms with Crippen LogP contribution in [0.1, 0.15) is 18.9 Å². The highest BCUT2D eigenvalue weighted by molar-refractivity contribution is 5.84. The fourth-order valence-electron chi connectivity index (χ4n) is 1.27. The maximum atomic E-state index is 11.2. The summed E-state index contributed by atoms with van der Waals surface area (Å²) in [4.78, 5) is 11.2. The standard InChI is InChI=1S/C12H17N3O2/c1-2-7-17-12(16)15-10-5-3-9(4-6-10)8-11(13)14/h3-6H,2,7-8H2,1H3,(H3,13,14)(H,15,16). The molecular weight excluding hydrogens is 218 g/mol. The Balaban J connectivity index is 2.50. The van der Waals surface area contributed by atoms with E-state index in [-0.39, 0.29) is 5.84 Å². The van der Waals surface area contributed by atoms with Crippen LogP contribution in [-0.4, -0.2) is 18.5 Å². The molecule has 17 heavy (non-hydrogen) atoms. The number of amides is 1. The van der Waals surface area contributed by atoms with Crippen LogP contribution >= 0.6 is 0 Å². The molecule has 0 aliphatic carbocycles. The highest BCUT2D eigenvalue weighted by Crippen LogP contribution is 2.10. The minimum atomic E-state index is -0.453. The van der Waals surface area contributed by atoms with E-state index in [0.29, 0.717) is 18.7 Å². The normalized spacial score (nSPS) is 9.71. The first-order valence-electron chi connectivity index (χ1n) is 5.47. The lowest BCUT2D eigenvalue weighted by Gasteiger charge is -2.06. The van der Waals surface area contributed by atoms with Gasteiger partial charge in [-0.05, 0) is 24.1 Å². The lowest BCUT2D eigenvalue weighted by molar-refractivity contribution is 0.161. The third kappa shape index (κ3) is 5.01. The molecule has 1 aromatic rings. The van der Waals surface area contributed by atoms with Crippen LogP contribution in [0.15, 0.2) is 24.3 Å². The molecule has 0 aromatic heterocycles. The lowest BCUT2D eigenvalue weighted by Crippen LogP contribution is -2.14. The first-order valence-corrected chi connectivity index (χ1v) is 5.47. The molecule has 0 saturated heterocycles. The molecule has 0 saturated carbocycles. The summed E-state index contributed by atoms with van der Waals surface area (Å²) in [6.07, 6.45) is 0.761. The number of hydrogen-bond donors (Lipinski definition) is 3. The fourth-order valence-corrected chi connectivity index (χ4v) is 1.27. The zero-order valence-corrected chi connectivity index (χ0v) is 9.82. The summed E-state index contributed by atoms with van der Waals surface area (Å²) >= 11 is 0. The summed E-state index contributed by atoms with van der Waals surface area (Å²) < 4.78 is 4.89. The average Bonchev–Trinajstić information content (AvgIpc) is 2.28. The fraction of sp³-hybridized carbons (Fsp3) is 0.333. The van der Waals surface area contributed by atoms with Gasteiger partial charge in [-0.1, -0.05) is 19.1 Å². The Hall–Kier alpha value is -2.04. The van der Waals surface area contributed by atoms with Crippen molar-refractivity contribution in [2.45, 2.75) is 19.8 Å². The van der Waals surface area contributed by atoms with Crippen molar-refractivity contribution in [3.05, 3.63) is 29.8 Å². The van der Waals surface area contributed by atoms with E-state index in [1.807, 2.05) is 19.1 Å². The summed E-state index contributed by atoms with van der Waals surface area (Å²) in [5, 5.41) is 9.77. The summed E-state index contributed by atoms with van der Waals surface area (Å²) in [6, 6.07) is 7.14. The molecule has 4 N–H and O–H groups in total. The van der Waals surface area contributed by atoms with E-state index < -0.39 is 6.09 Å². The first kappa shape index (κ1) is 13.0. The highest BCUT2D eigenvalue weighted by atomic mass is 16.5. The van der Waals surface area contributed by atoms with Crippen molar-refractivity contribution in [2.24, 2.45) is 5.73 Å². The predicted molar refractivity (Wildman–Crippen MR) is 67.3 cm³/mol. The number of nitrogens with one attached hydrogen (secondary N) is 2. The van der Waals surface area contributed by atoms with Crippen molar-refractivity contribution in [3.8, 4) is 0 Å². The highest BCUT2D eigenvalue weighted by Gasteiger charge is 2.02. The number of hydrogen-bond acceptors (Lipinski definition) is 3. The average molecular weight is 235 g/mol. The molecule has 0 spiro atoms. The number of carbonyl (C=O) groups is 1. The van der Waals surface area contributed by atoms with E-state index in [1.165, 1.54) is 0 Å². The Bertz CT molecular complexity index is 387. The minimum Gasteiger partial charge on any atom is -0.449 e. The van der Waals surface area contributed by atoms with Gasteiger partial charge in [-0.15, -0.1) is 0 Å². The number of amidine groups is 1. The molecule has 0 bridgehead atoms. The molecule has 1 rings (SSSR count). The molecule has 0 unspecified atom stereocenters. The van der Waals surface area contributed by atoms with Crippen molar-refractivity contribution in [2.75, 3.05) is 11.9 Å². The molecule has 0 heterocycles. The first-order chi connectivity index (χ1) is 8.11. The van der Waals surface area contributed by atoms with Crippen LogP contribution in [0.25, 0.3) is 0 Å². The Morgan fingerprint density at radius 1 is 1.41 bits per heavy atom. The van der Waals surface area contributed by atoms with Crippen LogP contribution in [0.2, 0.25) is 0 Å². The van der Waals surface area contributed by atoms with Crippen LogP contribution in [0.5, 0.6) is 0 Å². The van der Waals surface area contributed by atoms with Gasteiger partial charge in [0.05, 0.1) is 12.4 Å². The van der Waals surface area contributed by atoms with Gasteiger partial charge in [-0.25, -0.2) is 4.79 Å². The number of nitrogens with two attached hydrogens (primary N) is 1. The van der Waals surface area contributed by atoms with E-state index in [4.69, 9.17) is 15.9 Å². The Labute approximate surface area is 100 Å². The van der Waals surface area contributed by atoms with Crippen LogP contribution in [-0.2, 0) is 11.2 Å². The van der Waals surface area contributed by atoms with Crippen LogP contribution in [0.4, 0.5) is 10.5 Å². The summed E-state index contributed by atoms with van der Waals surface area (Å²) in [6.45, 7) is 2.35. The van der Waals surface area contributed by atoms with Gasteiger partial charge in [0.2, 0.25) is 0 Å². The molecule has 92 valence electrons. The molecule has 0 atom stereocenters. The van der Waals surface area contributed by atoms with Gasteiger partial charge >= 0.3 is 6.09 Å². The second-order valence-corrected chi connectivity index (χ2v) is 3.66. The van der Waals surface area contributed by atoms with E-state index in [2.05, 4.69) is 5.32 Å². The summed E-state index contributed by atoms with van der Waals surface area (Å²) in [5.74, 6) is 0.119. The van der Waals surface area contributed by atoms with Crippen molar-refractivity contribution < 1.29 is 9.53 Å². The van der Waals surface area contributed by atoms with Gasteiger partial charge < -0.3 is 10.5 Å².